The molecule has 0 saturated carbocycles. The van der Waals surface area contributed by atoms with Gasteiger partial charge in [-0.3, -0.25) is 0 Å². The minimum atomic E-state index is 0.146. The van der Waals surface area contributed by atoms with E-state index < -0.39 is 0 Å². The zero-order valence-corrected chi connectivity index (χ0v) is 9.63. The van der Waals surface area contributed by atoms with Crippen LogP contribution in [0.15, 0.2) is 24.3 Å². The second kappa shape index (κ2) is 4.97. The van der Waals surface area contributed by atoms with Crippen molar-refractivity contribution in [2.45, 2.75) is 25.6 Å². The molecule has 0 aromatic heterocycles. The molecule has 2 rings (SSSR count). The Morgan fingerprint density at radius 2 is 2.13 bits per heavy atom. The summed E-state index contributed by atoms with van der Waals surface area (Å²) in [7, 11) is 0. The Hall–Kier alpha value is -0.570. The minimum Gasteiger partial charge on any atom is -0.369 e. The zero-order valence-electron chi connectivity index (χ0n) is 8.87. The highest BCUT2D eigenvalue weighted by Gasteiger charge is 2.18. The van der Waals surface area contributed by atoms with Crippen LogP contribution in [0.1, 0.15) is 25.0 Å². The summed E-state index contributed by atoms with van der Waals surface area (Å²) < 4.78 is 5.93. The molecule has 2 atom stereocenters. The molecule has 0 aliphatic carbocycles. The van der Waals surface area contributed by atoms with Crippen molar-refractivity contribution in [2.75, 3.05) is 13.1 Å². The lowest BCUT2D eigenvalue weighted by atomic mass is 10.1. The first-order chi connectivity index (χ1) is 7.25. The van der Waals surface area contributed by atoms with Crippen molar-refractivity contribution in [1.82, 2.24) is 5.32 Å². The van der Waals surface area contributed by atoms with Crippen molar-refractivity contribution in [3.05, 3.63) is 34.9 Å². The normalized spacial score (nSPS) is 22.9. The van der Waals surface area contributed by atoms with Gasteiger partial charge < -0.3 is 10.1 Å². The van der Waals surface area contributed by atoms with Gasteiger partial charge in [-0.05, 0) is 37.6 Å². The fraction of sp³-hybridized carbons (Fsp3) is 0.500. The first-order valence-electron chi connectivity index (χ1n) is 5.37. The number of rotatable bonds is 3. The van der Waals surface area contributed by atoms with Gasteiger partial charge in [0.25, 0.3) is 0 Å². The fourth-order valence-corrected chi connectivity index (χ4v) is 1.97. The van der Waals surface area contributed by atoms with Gasteiger partial charge in [0.2, 0.25) is 0 Å². The van der Waals surface area contributed by atoms with Gasteiger partial charge in [0.05, 0.1) is 12.2 Å². The van der Waals surface area contributed by atoms with E-state index in [0.717, 1.165) is 24.5 Å². The summed E-state index contributed by atoms with van der Waals surface area (Å²) in [6.07, 6.45) is 1.61. The molecule has 0 amide bonds. The van der Waals surface area contributed by atoms with Crippen LogP contribution < -0.4 is 5.32 Å². The second-order valence-corrected chi connectivity index (χ2v) is 4.38. The minimum absolute atomic E-state index is 0.146. The summed E-state index contributed by atoms with van der Waals surface area (Å²) >= 11 is 5.84. The Morgan fingerprint density at radius 3 is 2.73 bits per heavy atom. The van der Waals surface area contributed by atoms with Crippen LogP contribution >= 0.6 is 11.6 Å². The Bertz CT molecular complexity index is 306. The SMILES string of the molecule is CC(OC1CCNC1)c1ccc(Cl)cc1. The molecule has 2 unspecified atom stereocenters. The van der Waals surface area contributed by atoms with E-state index in [9.17, 15) is 0 Å². The molecule has 1 aromatic carbocycles. The first-order valence-corrected chi connectivity index (χ1v) is 5.75. The lowest BCUT2D eigenvalue weighted by Gasteiger charge is -2.18. The van der Waals surface area contributed by atoms with Gasteiger partial charge in [0, 0.05) is 11.6 Å². The molecule has 0 radical (unpaired) electrons. The van der Waals surface area contributed by atoms with Crippen molar-refractivity contribution in [3.8, 4) is 0 Å². The predicted octanol–water partition coefficient (Wildman–Crippen LogP) is 2.78. The van der Waals surface area contributed by atoms with Gasteiger partial charge in [-0.25, -0.2) is 0 Å². The highest BCUT2D eigenvalue weighted by molar-refractivity contribution is 6.30. The summed E-state index contributed by atoms with van der Waals surface area (Å²) in [5, 5.41) is 4.06. The third-order valence-electron chi connectivity index (χ3n) is 2.75. The van der Waals surface area contributed by atoms with Gasteiger partial charge in [-0.1, -0.05) is 23.7 Å². The summed E-state index contributed by atoms with van der Waals surface area (Å²) in [4.78, 5) is 0. The van der Waals surface area contributed by atoms with Crippen LogP contribution in [0.5, 0.6) is 0 Å². The summed E-state index contributed by atoms with van der Waals surface area (Å²) in [5.74, 6) is 0. The van der Waals surface area contributed by atoms with Crippen molar-refractivity contribution in [1.29, 1.82) is 0 Å². The molecule has 2 nitrogen and oxygen atoms in total. The fourth-order valence-electron chi connectivity index (χ4n) is 1.85. The lowest BCUT2D eigenvalue weighted by molar-refractivity contribution is 0.00829. The number of hydrogen-bond acceptors (Lipinski definition) is 2. The van der Waals surface area contributed by atoms with E-state index in [2.05, 4.69) is 12.2 Å². The van der Waals surface area contributed by atoms with E-state index in [1.54, 1.807) is 0 Å². The predicted molar refractivity (Wildman–Crippen MR) is 62.2 cm³/mol. The number of halogens is 1. The molecule has 1 saturated heterocycles. The van der Waals surface area contributed by atoms with E-state index >= 15 is 0 Å². The van der Waals surface area contributed by atoms with Crippen molar-refractivity contribution < 1.29 is 4.74 Å². The molecule has 3 heteroatoms. The Morgan fingerprint density at radius 1 is 1.40 bits per heavy atom. The van der Waals surface area contributed by atoms with Gasteiger partial charge in [0.15, 0.2) is 0 Å². The molecule has 1 aromatic rings. The molecule has 1 heterocycles. The molecule has 1 fully saturated rings. The topological polar surface area (TPSA) is 21.3 Å². The van der Waals surface area contributed by atoms with Crippen LogP contribution in [-0.2, 0) is 4.74 Å². The standard InChI is InChI=1S/C12H16ClNO/c1-9(15-12-6-7-14-8-12)10-2-4-11(13)5-3-10/h2-5,9,12,14H,6-8H2,1H3. The van der Waals surface area contributed by atoms with Crippen molar-refractivity contribution in [2.24, 2.45) is 0 Å². The number of benzene rings is 1. The monoisotopic (exact) mass is 225 g/mol. The smallest absolute Gasteiger partial charge is 0.0801 e. The van der Waals surface area contributed by atoms with Crippen LogP contribution in [0, 0.1) is 0 Å². The maximum atomic E-state index is 5.93. The summed E-state index contributed by atoms with van der Waals surface area (Å²) in [5.41, 5.74) is 1.19. The highest BCUT2D eigenvalue weighted by Crippen LogP contribution is 2.22. The molecule has 1 N–H and O–H groups in total. The van der Waals surface area contributed by atoms with Gasteiger partial charge >= 0.3 is 0 Å². The average Bonchev–Trinajstić information content (AvgIpc) is 2.71. The van der Waals surface area contributed by atoms with Crippen LogP contribution in [-0.4, -0.2) is 19.2 Å². The molecule has 82 valence electrons. The Balaban J connectivity index is 1.94. The van der Waals surface area contributed by atoms with E-state index in [0.29, 0.717) is 6.10 Å². The molecule has 1 aliphatic heterocycles. The van der Waals surface area contributed by atoms with E-state index in [-0.39, 0.29) is 6.10 Å². The number of hydrogen-bond donors (Lipinski definition) is 1. The number of nitrogens with one attached hydrogen (secondary N) is 1. The first kappa shape index (κ1) is 10.9. The zero-order chi connectivity index (χ0) is 10.7. The van der Waals surface area contributed by atoms with Crippen molar-refractivity contribution >= 4 is 11.6 Å². The number of ether oxygens (including phenoxy) is 1. The van der Waals surface area contributed by atoms with Gasteiger partial charge in [-0.15, -0.1) is 0 Å². The van der Waals surface area contributed by atoms with Crippen molar-refractivity contribution in [3.63, 3.8) is 0 Å². The average molecular weight is 226 g/mol. The second-order valence-electron chi connectivity index (χ2n) is 3.94. The van der Waals surface area contributed by atoms with E-state index in [4.69, 9.17) is 16.3 Å². The maximum Gasteiger partial charge on any atom is 0.0801 e. The van der Waals surface area contributed by atoms with Gasteiger partial charge in [0.1, 0.15) is 0 Å². The Labute approximate surface area is 95.6 Å². The molecular weight excluding hydrogens is 210 g/mol. The third-order valence-corrected chi connectivity index (χ3v) is 3.00. The summed E-state index contributed by atoms with van der Waals surface area (Å²) in [6.45, 7) is 4.12. The quantitative estimate of drug-likeness (QED) is 0.854. The third kappa shape index (κ3) is 2.94. The van der Waals surface area contributed by atoms with Crippen LogP contribution in [0.4, 0.5) is 0 Å². The maximum absolute atomic E-state index is 5.93. The van der Waals surface area contributed by atoms with Crippen LogP contribution in [0.25, 0.3) is 0 Å². The molecule has 1 aliphatic rings. The van der Waals surface area contributed by atoms with E-state index in [1.165, 1.54) is 5.56 Å². The summed E-state index contributed by atoms with van der Waals surface area (Å²) in [6, 6.07) is 7.86. The molecular formula is C12H16ClNO. The van der Waals surface area contributed by atoms with Crippen LogP contribution in [0.3, 0.4) is 0 Å². The van der Waals surface area contributed by atoms with Crippen LogP contribution in [0.2, 0.25) is 5.02 Å². The Kier molecular flexibility index (Phi) is 3.62. The molecule has 15 heavy (non-hydrogen) atoms. The molecule has 0 spiro atoms. The van der Waals surface area contributed by atoms with Gasteiger partial charge in [-0.2, -0.15) is 0 Å². The largest absolute Gasteiger partial charge is 0.369 e. The lowest BCUT2D eigenvalue weighted by Crippen LogP contribution is -2.18. The van der Waals surface area contributed by atoms with E-state index in [1.807, 2.05) is 24.3 Å². The molecule has 0 bridgehead atoms. The highest BCUT2D eigenvalue weighted by atomic mass is 35.5.